The average molecular weight is 173 g/mol. The van der Waals surface area contributed by atoms with Crippen LogP contribution in [0.1, 0.15) is 6.42 Å². The third-order valence-corrected chi connectivity index (χ3v) is 1.86. The lowest BCUT2D eigenvalue weighted by Gasteiger charge is -2.36. The number of nitrogens with zero attached hydrogens (tertiary/aromatic N) is 1. The van der Waals surface area contributed by atoms with Crippen LogP contribution >= 0.6 is 0 Å². The zero-order valence-corrected chi connectivity index (χ0v) is 6.49. The zero-order valence-electron chi connectivity index (χ0n) is 6.49. The normalized spacial score (nSPS) is 16.9. The van der Waals surface area contributed by atoms with Gasteiger partial charge >= 0.3 is 6.09 Å². The lowest BCUT2D eigenvalue weighted by molar-refractivity contribution is -0.123. The van der Waals surface area contributed by atoms with Crippen LogP contribution < -0.4 is 11.3 Å². The number of amides is 2. The molecule has 6 nitrogen and oxygen atoms in total. The maximum absolute atomic E-state index is 10.7. The monoisotopic (exact) mass is 173 g/mol. The van der Waals surface area contributed by atoms with Gasteiger partial charge in [0.1, 0.15) is 0 Å². The number of carbonyl (C=O) groups excluding carboxylic acids is 1. The summed E-state index contributed by atoms with van der Waals surface area (Å²) in [6.45, 7) is 0.867. The molecule has 1 aliphatic rings. The Morgan fingerprint density at radius 2 is 2.17 bits per heavy atom. The summed E-state index contributed by atoms with van der Waals surface area (Å²) in [7, 11) is 0. The first-order valence-electron chi connectivity index (χ1n) is 3.60. The Kier molecular flexibility index (Phi) is 2.49. The average Bonchev–Trinajstić information content (AvgIpc) is 1.94. The summed E-state index contributed by atoms with van der Waals surface area (Å²) >= 11 is 0. The van der Waals surface area contributed by atoms with Gasteiger partial charge in [0, 0.05) is 25.4 Å². The Bertz CT molecular complexity index is 200. The number of hydrogen-bond donors (Lipinski definition) is 3. The zero-order chi connectivity index (χ0) is 9.14. The second-order valence-corrected chi connectivity index (χ2v) is 2.83. The summed E-state index contributed by atoms with van der Waals surface area (Å²) in [6, 6.07) is 0. The van der Waals surface area contributed by atoms with Crippen LogP contribution in [0.5, 0.6) is 0 Å². The van der Waals surface area contributed by atoms with Crippen molar-refractivity contribution in [2.75, 3.05) is 13.1 Å². The van der Waals surface area contributed by atoms with Gasteiger partial charge in [-0.3, -0.25) is 10.2 Å². The van der Waals surface area contributed by atoms with Crippen LogP contribution in [0, 0.1) is 5.92 Å². The van der Waals surface area contributed by atoms with Crippen molar-refractivity contribution in [2.24, 2.45) is 11.8 Å². The summed E-state index contributed by atoms with van der Waals surface area (Å²) in [6.07, 6.45) is -0.625. The van der Waals surface area contributed by atoms with Crippen LogP contribution in [0.2, 0.25) is 0 Å². The van der Waals surface area contributed by atoms with Crippen LogP contribution in [-0.2, 0) is 4.79 Å². The number of hydrazine groups is 1. The number of carboxylic acid groups (broad SMARTS) is 1. The third kappa shape index (κ3) is 1.85. The molecule has 0 radical (unpaired) electrons. The molecule has 4 N–H and O–H groups in total. The minimum absolute atomic E-state index is 0.129. The molecule has 0 spiro atoms. The number of hydrogen-bond acceptors (Lipinski definition) is 3. The highest BCUT2D eigenvalue weighted by Gasteiger charge is 2.31. The van der Waals surface area contributed by atoms with E-state index >= 15 is 0 Å². The van der Waals surface area contributed by atoms with Gasteiger partial charge in [0.15, 0.2) is 0 Å². The molecule has 1 saturated heterocycles. The van der Waals surface area contributed by atoms with Crippen molar-refractivity contribution >= 4 is 12.0 Å². The maximum atomic E-state index is 10.7. The number of likely N-dealkylation sites (tertiary alicyclic amines) is 1. The Balaban J connectivity index is 2.17. The second kappa shape index (κ2) is 3.40. The van der Waals surface area contributed by atoms with Gasteiger partial charge in [0.05, 0.1) is 0 Å². The van der Waals surface area contributed by atoms with E-state index in [2.05, 4.69) is 0 Å². The molecular weight excluding hydrogens is 162 g/mol. The van der Waals surface area contributed by atoms with Crippen molar-refractivity contribution in [3.63, 3.8) is 0 Å². The number of carbonyl (C=O) groups is 2. The number of nitrogens with one attached hydrogen (secondary N) is 1. The van der Waals surface area contributed by atoms with Crippen LogP contribution in [-0.4, -0.2) is 35.1 Å². The predicted molar refractivity (Wildman–Crippen MR) is 40.0 cm³/mol. The van der Waals surface area contributed by atoms with Crippen LogP contribution in [0.15, 0.2) is 0 Å². The van der Waals surface area contributed by atoms with Crippen molar-refractivity contribution < 1.29 is 14.7 Å². The molecule has 2 amide bonds. The predicted octanol–water partition coefficient (Wildman–Crippen LogP) is -1.02. The molecule has 1 rings (SSSR count). The second-order valence-electron chi connectivity index (χ2n) is 2.83. The molecule has 0 atom stereocenters. The van der Waals surface area contributed by atoms with E-state index in [0.29, 0.717) is 19.5 Å². The van der Waals surface area contributed by atoms with Gasteiger partial charge in [0.25, 0.3) is 0 Å². The van der Waals surface area contributed by atoms with E-state index in [4.69, 9.17) is 10.9 Å². The van der Waals surface area contributed by atoms with Crippen molar-refractivity contribution in [2.45, 2.75) is 6.42 Å². The standard InChI is InChI=1S/C6H11N3O3/c7-8-5(10)1-4-2-9(3-4)6(11)12/h4H,1-3,7H2,(H,8,10)(H,11,12). The Morgan fingerprint density at radius 3 is 2.58 bits per heavy atom. The highest BCUT2D eigenvalue weighted by Crippen LogP contribution is 2.18. The summed E-state index contributed by atoms with van der Waals surface area (Å²) in [5.41, 5.74) is 2.00. The minimum atomic E-state index is -0.931. The molecular formula is C6H11N3O3. The Morgan fingerprint density at radius 1 is 1.58 bits per heavy atom. The highest BCUT2D eigenvalue weighted by molar-refractivity contribution is 5.76. The van der Waals surface area contributed by atoms with E-state index in [1.165, 1.54) is 4.90 Å². The van der Waals surface area contributed by atoms with E-state index < -0.39 is 6.09 Å². The fourth-order valence-corrected chi connectivity index (χ4v) is 1.18. The van der Waals surface area contributed by atoms with E-state index in [1.54, 1.807) is 0 Å². The SMILES string of the molecule is NNC(=O)CC1CN(C(=O)O)C1. The molecule has 0 aromatic rings. The summed E-state index contributed by atoms with van der Waals surface area (Å²) in [5, 5.41) is 8.44. The number of rotatable bonds is 2. The molecule has 1 aliphatic heterocycles. The smallest absolute Gasteiger partial charge is 0.407 e. The molecule has 0 aliphatic carbocycles. The van der Waals surface area contributed by atoms with Gasteiger partial charge in [-0.05, 0) is 0 Å². The first-order valence-corrected chi connectivity index (χ1v) is 3.60. The highest BCUT2D eigenvalue weighted by atomic mass is 16.4. The van der Waals surface area contributed by atoms with Crippen molar-refractivity contribution in [3.8, 4) is 0 Å². The first-order chi connectivity index (χ1) is 5.63. The molecule has 0 aromatic heterocycles. The molecule has 12 heavy (non-hydrogen) atoms. The van der Waals surface area contributed by atoms with Crippen molar-refractivity contribution in [1.82, 2.24) is 10.3 Å². The molecule has 0 bridgehead atoms. The van der Waals surface area contributed by atoms with Crippen molar-refractivity contribution in [1.29, 1.82) is 0 Å². The Hall–Kier alpha value is -1.30. The Labute approximate surface area is 69.3 Å². The van der Waals surface area contributed by atoms with Gasteiger partial charge in [-0.2, -0.15) is 0 Å². The molecule has 0 aromatic carbocycles. The molecule has 0 saturated carbocycles. The van der Waals surface area contributed by atoms with Gasteiger partial charge < -0.3 is 10.0 Å². The summed E-state index contributed by atoms with van der Waals surface area (Å²) in [4.78, 5) is 22.2. The van der Waals surface area contributed by atoms with E-state index in [1.807, 2.05) is 5.43 Å². The maximum Gasteiger partial charge on any atom is 0.407 e. The van der Waals surface area contributed by atoms with Crippen LogP contribution in [0.4, 0.5) is 4.79 Å². The van der Waals surface area contributed by atoms with Gasteiger partial charge in [-0.15, -0.1) is 0 Å². The van der Waals surface area contributed by atoms with E-state index in [-0.39, 0.29) is 11.8 Å². The number of nitrogens with two attached hydrogens (primary N) is 1. The van der Waals surface area contributed by atoms with Crippen molar-refractivity contribution in [3.05, 3.63) is 0 Å². The molecule has 68 valence electrons. The fourth-order valence-electron chi connectivity index (χ4n) is 1.18. The third-order valence-electron chi connectivity index (χ3n) is 1.86. The van der Waals surface area contributed by atoms with Crippen LogP contribution in [0.25, 0.3) is 0 Å². The summed E-state index contributed by atoms with van der Waals surface area (Å²) in [5.74, 6) is 4.75. The lowest BCUT2D eigenvalue weighted by Crippen LogP contribution is -2.51. The summed E-state index contributed by atoms with van der Waals surface area (Å²) < 4.78 is 0. The van der Waals surface area contributed by atoms with Gasteiger partial charge in [-0.1, -0.05) is 0 Å². The molecule has 6 heteroatoms. The largest absolute Gasteiger partial charge is 0.465 e. The molecule has 1 heterocycles. The van der Waals surface area contributed by atoms with Crippen LogP contribution in [0.3, 0.4) is 0 Å². The first kappa shape index (κ1) is 8.79. The topological polar surface area (TPSA) is 95.7 Å². The fraction of sp³-hybridized carbons (Fsp3) is 0.667. The molecule has 1 fully saturated rings. The molecule has 0 unspecified atom stereocenters. The van der Waals surface area contributed by atoms with Gasteiger partial charge in [0.2, 0.25) is 5.91 Å². The van der Waals surface area contributed by atoms with Gasteiger partial charge in [-0.25, -0.2) is 10.6 Å². The lowest BCUT2D eigenvalue weighted by atomic mass is 9.97. The minimum Gasteiger partial charge on any atom is -0.465 e. The quantitative estimate of drug-likeness (QED) is 0.283. The van der Waals surface area contributed by atoms with E-state index in [9.17, 15) is 9.59 Å². The van der Waals surface area contributed by atoms with E-state index in [0.717, 1.165) is 0 Å².